The Morgan fingerprint density at radius 1 is 1.50 bits per heavy atom. The van der Waals surface area contributed by atoms with E-state index < -0.39 is 0 Å². The summed E-state index contributed by atoms with van der Waals surface area (Å²) in [6, 6.07) is 4.75. The maximum absolute atomic E-state index is 9.54. The summed E-state index contributed by atoms with van der Waals surface area (Å²) in [5, 5.41) is 13.0. The summed E-state index contributed by atoms with van der Waals surface area (Å²) in [6.45, 7) is 8.76. The van der Waals surface area contributed by atoms with Gasteiger partial charge in [0.2, 0.25) is 0 Å². The number of aromatic nitrogens is 1. The van der Waals surface area contributed by atoms with Gasteiger partial charge in [0, 0.05) is 12.6 Å². The average molecular weight is 277 g/mol. The number of hydrogen-bond donors (Lipinski definition) is 2. The Labute approximate surface area is 122 Å². The molecule has 0 aliphatic carbocycles. The second-order valence-electron chi connectivity index (χ2n) is 5.83. The fraction of sp³-hybridized carbons (Fsp3) is 0.688. The van der Waals surface area contributed by atoms with Crippen LogP contribution in [0.1, 0.15) is 45.3 Å². The van der Waals surface area contributed by atoms with Gasteiger partial charge < -0.3 is 15.3 Å². The minimum Gasteiger partial charge on any atom is -0.394 e. The van der Waals surface area contributed by atoms with E-state index in [1.807, 2.05) is 6.20 Å². The summed E-state index contributed by atoms with van der Waals surface area (Å²) in [5.41, 5.74) is 2.20. The first-order valence-electron chi connectivity index (χ1n) is 7.74. The highest BCUT2D eigenvalue weighted by atomic mass is 16.3. The van der Waals surface area contributed by atoms with Gasteiger partial charge in [-0.2, -0.15) is 0 Å². The van der Waals surface area contributed by atoms with Gasteiger partial charge in [0.05, 0.1) is 30.2 Å². The molecule has 0 aromatic carbocycles. The molecule has 2 N–H and O–H groups in total. The number of anilines is 1. The standard InChI is InChI=1S/C16H27N3O/c1-4-8-17-13(3)15-6-5-14(10-18-15)19-9-7-12(2)16(19)11-20/h5-6,10,12-13,16-17,20H,4,7-9,11H2,1-3H3. The summed E-state index contributed by atoms with van der Waals surface area (Å²) in [7, 11) is 0. The zero-order valence-electron chi connectivity index (χ0n) is 12.8. The molecule has 20 heavy (non-hydrogen) atoms. The van der Waals surface area contributed by atoms with Crippen molar-refractivity contribution in [2.24, 2.45) is 5.92 Å². The summed E-state index contributed by atoms with van der Waals surface area (Å²) < 4.78 is 0. The smallest absolute Gasteiger partial charge is 0.0637 e. The molecule has 1 aromatic rings. The van der Waals surface area contributed by atoms with Gasteiger partial charge in [-0.15, -0.1) is 0 Å². The van der Waals surface area contributed by atoms with E-state index in [0.29, 0.717) is 5.92 Å². The van der Waals surface area contributed by atoms with Crippen molar-refractivity contribution in [1.82, 2.24) is 10.3 Å². The maximum Gasteiger partial charge on any atom is 0.0637 e. The minimum atomic E-state index is 0.220. The third kappa shape index (κ3) is 3.30. The lowest BCUT2D eigenvalue weighted by Crippen LogP contribution is -2.35. The molecule has 4 heteroatoms. The highest BCUT2D eigenvalue weighted by molar-refractivity contribution is 5.47. The topological polar surface area (TPSA) is 48.4 Å². The number of aliphatic hydroxyl groups is 1. The fourth-order valence-corrected chi connectivity index (χ4v) is 2.90. The molecular weight excluding hydrogens is 250 g/mol. The molecular formula is C16H27N3O. The van der Waals surface area contributed by atoms with E-state index in [1.54, 1.807) is 0 Å². The fourth-order valence-electron chi connectivity index (χ4n) is 2.90. The third-order valence-corrected chi connectivity index (χ3v) is 4.32. The average Bonchev–Trinajstić information content (AvgIpc) is 2.85. The molecule has 1 aliphatic heterocycles. The number of nitrogens with zero attached hydrogens (tertiary/aromatic N) is 2. The monoisotopic (exact) mass is 277 g/mol. The molecule has 0 bridgehead atoms. The minimum absolute atomic E-state index is 0.220. The van der Waals surface area contributed by atoms with Crippen LogP contribution in [0.4, 0.5) is 5.69 Å². The first kappa shape index (κ1) is 15.3. The summed E-state index contributed by atoms with van der Waals surface area (Å²) in [5.74, 6) is 0.546. The van der Waals surface area contributed by atoms with Crippen LogP contribution in [0.2, 0.25) is 0 Å². The van der Waals surface area contributed by atoms with Crippen LogP contribution in [-0.4, -0.2) is 35.8 Å². The van der Waals surface area contributed by atoms with E-state index in [2.05, 4.69) is 48.1 Å². The molecule has 0 radical (unpaired) electrons. The highest BCUT2D eigenvalue weighted by Gasteiger charge is 2.30. The van der Waals surface area contributed by atoms with Crippen LogP contribution in [0.25, 0.3) is 0 Å². The zero-order valence-corrected chi connectivity index (χ0v) is 12.8. The van der Waals surface area contributed by atoms with Crippen LogP contribution < -0.4 is 10.2 Å². The number of hydrogen-bond acceptors (Lipinski definition) is 4. The lowest BCUT2D eigenvalue weighted by Gasteiger charge is -2.27. The van der Waals surface area contributed by atoms with Crippen molar-refractivity contribution >= 4 is 5.69 Å². The van der Waals surface area contributed by atoms with Crippen LogP contribution >= 0.6 is 0 Å². The van der Waals surface area contributed by atoms with Gasteiger partial charge >= 0.3 is 0 Å². The van der Waals surface area contributed by atoms with Crippen molar-refractivity contribution < 1.29 is 5.11 Å². The molecule has 112 valence electrons. The molecule has 3 unspecified atom stereocenters. The predicted octanol–water partition coefficient (Wildman–Crippen LogP) is 2.35. The molecule has 3 atom stereocenters. The lowest BCUT2D eigenvalue weighted by molar-refractivity contribution is 0.244. The van der Waals surface area contributed by atoms with Crippen LogP contribution in [0.3, 0.4) is 0 Å². The van der Waals surface area contributed by atoms with Crippen molar-refractivity contribution in [3.8, 4) is 0 Å². The predicted molar refractivity (Wildman–Crippen MR) is 82.9 cm³/mol. The van der Waals surface area contributed by atoms with Gasteiger partial charge in [0.15, 0.2) is 0 Å². The third-order valence-electron chi connectivity index (χ3n) is 4.32. The van der Waals surface area contributed by atoms with Crippen molar-refractivity contribution in [2.75, 3.05) is 24.6 Å². The van der Waals surface area contributed by atoms with Gasteiger partial charge in [-0.25, -0.2) is 0 Å². The molecule has 2 heterocycles. The van der Waals surface area contributed by atoms with E-state index in [1.165, 1.54) is 0 Å². The van der Waals surface area contributed by atoms with Gasteiger partial charge in [0.25, 0.3) is 0 Å². The number of pyridine rings is 1. The van der Waals surface area contributed by atoms with Crippen molar-refractivity contribution in [1.29, 1.82) is 0 Å². The number of aliphatic hydroxyl groups excluding tert-OH is 1. The zero-order chi connectivity index (χ0) is 14.5. The van der Waals surface area contributed by atoms with Crippen molar-refractivity contribution in [2.45, 2.75) is 45.7 Å². The van der Waals surface area contributed by atoms with Crippen LogP contribution in [0.15, 0.2) is 18.3 Å². The summed E-state index contributed by atoms with van der Waals surface area (Å²) in [4.78, 5) is 6.87. The highest BCUT2D eigenvalue weighted by Crippen LogP contribution is 2.29. The second-order valence-corrected chi connectivity index (χ2v) is 5.83. The molecule has 1 aromatic heterocycles. The Kier molecular flexibility index (Phi) is 5.38. The molecule has 0 amide bonds. The van der Waals surface area contributed by atoms with Crippen molar-refractivity contribution in [3.63, 3.8) is 0 Å². The van der Waals surface area contributed by atoms with Crippen molar-refractivity contribution in [3.05, 3.63) is 24.0 Å². The maximum atomic E-state index is 9.54. The number of rotatable bonds is 6. The molecule has 1 saturated heterocycles. The molecule has 4 nitrogen and oxygen atoms in total. The van der Waals surface area contributed by atoms with Gasteiger partial charge in [-0.3, -0.25) is 4.98 Å². The van der Waals surface area contributed by atoms with E-state index >= 15 is 0 Å². The molecule has 0 saturated carbocycles. The summed E-state index contributed by atoms with van der Waals surface area (Å²) >= 11 is 0. The summed E-state index contributed by atoms with van der Waals surface area (Å²) in [6.07, 6.45) is 4.22. The Morgan fingerprint density at radius 3 is 2.90 bits per heavy atom. The van der Waals surface area contributed by atoms with Gasteiger partial charge in [-0.05, 0) is 44.4 Å². The molecule has 1 aliphatic rings. The largest absolute Gasteiger partial charge is 0.394 e. The van der Waals surface area contributed by atoms with E-state index in [0.717, 1.165) is 37.3 Å². The Bertz CT molecular complexity index is 407. The van der Waals surface area contributed by atoms with Crippen LogP contribution in [0.5, 0.6) is 0 Å². The Hall–Kier alpha value is -1.13. The van der Waals surface area contributed by atoms with E-state index in [-0.39, 0.29) is 18.7 Å². The van der Waals surface area contributed by atoms with E-state index in [9.17, 15) is 5.11 Å². The normalized spacial score (nSPS) is 24.1. The first-order chi connectivity index (χ1) is 9.67. The molecule has 2 rings (SSSR count). The lowest BCUT2D eigenvalue weighted by atomic mass is 10.0. The molecule has 0 spiro atoms. The van der Waals surface area contributed by atoms with Gasteiger partial charge in [-0.1, -0.05) is 13.8 Å². The Morgan fingerprint density at radius 2 is 2.30 bits per heavy atom. The molecule has 1 fully saturated rings. The van der Waals surface area contributed by atoms with Crippen LogP contribution in [-0.2, 0) is 0 Å². The SMILES string of the molecule is CCCNC(C)c1ccc(N2CCC(C)C2CO)cn1. The van der Waals surface area contributed by atoms with Crippen LogP contribution in [0, 0.1) is 5.92 Å². The van der Waals surface area contributed by atoms with Gasteiger partial charge in [0.1, 0.15) is 0 Å². The first-order valence-corrected chi connectivity index (χ1v) is 7.74. The van der Waals surface area contributed by atoms with E-state index in [4.69, 9.17) is 0 Å². The Balaban J connectivity index is 2.04. The number of nitrogens with one attached hydrogen (secondary N) is 1. The quantitative estimate of drug-likeness (QED) is 0.838. The second kappa shape index (κ2) is 7.04.